The third-order valence-corrected chi connectivity index (χ3v) is 6.57. The molecule has 1 rings (SSSR count). The second-order valence-corrected chi connectivity index (χ2v) is 10.4. The SMILES string of the molecule is CC(C)=CCC/C(C)=C/CC/C(C)=C/CC/C(C)=C/CSCC(Nc1ccccn1)C(N)=S. The van der Waals surface area contributed by atoms with Gasteiger partial charge in [-0.3, -0.25) is 0 Å². The van der Waals surface area contributed by atoms with Crippen molar-refractivity contribution in [2.45, 2.75) is 79.2 Å². The van der Waals surface area contributed by atoms with Crippen LogP contribution in [-0.4, -0.2) is 27.5 Å². The molecule has 0 saturated heterocycles. The quantitative estimate of drug-likeness (QED) is 0.141. The summed E-state index contributed by atoms with van der Waals surface area (Å²) in [5.74, 6) is 2.60. The molecule has 1 heterocycles. The zero-order valence-electron chi connectivity index (χ0n) is 21.2. The van der Waals surface area contributed by atoms with Crippen molar-refractivity contribution in [2.75, 3.05) is 16.8 Å². The van der Waals surface area contributed by atoms with E-state index in [4.69, 9.17) is 18.0 Å². The summed E-state index contributed by atoms with van der Waals surface area (Å²) in [5.41, 5.74) is 11.7. The molecule has 0 bridgehead atoms. The van der Waals surface area contributed by atoms with Crippen LogP contribution in [0.1, 0.15) is 73.1 Å². The van der Waals surface area contributed by atoms with Gasteiger partial charge in [0.25, 0.3) is 0 Å². The van der Waals surface area contributed by atoms with Crippen molar-refractivity contribution in [1.29, 1.82) is 0 Å². The Balaban J connectivity index is 2.27. The number of anilines is 1. The zero-order valence-corrected chi connectivity index (χ0v) is 22.8. The third kappa shape index (κ3) is 15.6. The standard InChI is InChI=1S/C28H43N3S2/c1-22(2)11-8-12-23(3)13-9-14-24(4)15-10-16-25(5)18-20-33-21-26(28(29)32)31-27-17-6-7-19-30-27/h6-7,11,13,15,17-19,26H,8-10,12,14,16,20-21H2,1-5H3,(H2,29,32)(H,30,31)/b23-13+,24-15+,25-18+. The van der Waals surface area contributed by atoms with Gasteiger partial charge < -0.3 is 11.1 Å². The number of aromatic nitrogens is 1. The van der Waals surface area contributed by atoms with Crippen LogP contribution in [0.5, 0.6) is 0 Å². The number of thiocarbonyl (C=S) groups is 1. The maximum Gasteiger partial charge on any atom is 0.126 e. The predicted octanol–water partition coefficient (Wildman–Crippen LogP) is 8.03. The fourth-order valence-corrected chi connectivity index (χ4v) is 4.48. The van der Waals surface area contributed by atoms with Gasteiger partial charge in [-0.25, -0.2) is 4.98 Å². The van der Waals surface area contributed by atoms with E-state index in [1.54, 1.807) is 6.20 Å². The summed E-state index contributed by atoms with van der Waals surface area (Å²) in [4.78, 5) is 4.77. The van der Waals surface area contributed by atoms with Crippen molar-refractivity contribution in [2.24, 2.45) is 5.73 Å². The summed E-state index contributed by atoms with van der Waals surface area (Å²) in [6, 6.07) is 5.72. The Bertz CT molecular complexity index is 819. The first-order valence-corrected chi connectivity index (χ1v) is 13.5. The molecule has 33 heavy (non-hydrogen) atoms. The van der Waals surface area contributed by atoms with Crippen LogP contribution in [0.15, 0.2) is 71.0 Å². The second-order valence-electron chi connectivity index (χ2n) is 8.90. The molecule has 0 aliphatic carbocycles. The van der Waals surface area contributed by atoms with Gasteiger partial charge in [-0.1, -0.05) is 64.9 Å². The van der Waals surface area contributed by atoms with E-state index in [9.17, 15) is 0 Å². The highest BCUT2D eigenvalue weighted by Gasteiger charge is 2.11. The second kappa shape index (κ2) is 17.6. The monoisotopic (exact) mass is 485 g/mol. The van der Waals surface area contributed by atoms with Crippen LogP contribution in [0.3, 0.4) is 0 Å². The van der Waals surface area contributed by atoms with Crippen molar-refractivity contribution in [3.8, 4) is 0 Å². The Morgan fingerprint density at radius 1 is 0.939 bits per heavy atom. The van der Waals surface area contributed by atoms with Crippen molar-refractivity contribution in [1.82, 2.24) is 4.98 Å². The van der Waals surface area contributed by atoms with Gasteiger partial charge in [-0.2, -0.15) is 11.8 Å². The van der Waals surface area contributed by atoms with E-state index in [1.165, 1.54) is 28.7 Å². The van der Waals surface area contributed by atoms with Crippen LogP contribution in [0.4, 0.5) is 5.82 Å². The lowest BCUT2D eigenvalue weighted by Gasteiger charge is -2.17. The number of hydrogen-bond donors (Lipinski definition) is 2. The molecule has 0 spiro atoms. The molecule has 3 nitrogen and oxygen atoms in total. The summed E-state index contributed by atoms with van der Waals surface area (Å²) < 4.78 is 0. The average Bonchev–Trinajstić information content (AvgIpc) is 2.76. The van der Waals surface area contributed by atoms with E-state index in [-0.39, 0.29) is 6.04 Å². The lowest BCUT2D eigenvalue weighted by molar-refractivity contribution is 0.899. The topological polar surface area (TPSA) is 50.9 Å². The Morgan fingerprint density at radius 2 is 1.52 bits per heavy atom. The van der Waals surface area contributed by atoms with Gasteiger partial charge in [0.05, 0.1) is 11.0 Å². The minimum atomic E-state index is -0.0518. The largest absolute Gasteiger partial charge is 0.392 e. The Kier molecular flexibility index (Phi) is 15.6. The number of allylic oxidation sites excluding steroid dienone is 7. The highest BCUT2D eigenvalue weighted by atomic mass is 32.2. The van der Waals surface area contributed by atoms with Gasteiger partial charge in [-0.05, 0) is 85.3 Å². The van der Waals surface area contributed by atoms with Crippen LogP contribution in [0, 0.1) is 0 Å². The Hall–Kier alpha value is -1.85. The van der Waals surface area contributed by atoms with Crippen molar-refractivity contribution < 1.29 is 0 Å². The fourth-order valence-electron chi connectivity index (χ4n) is 3.20. The van der Waals surface area contributed by atoms with E-state index >= 15 is 0 Å². The molecule has 1 aromatic rings. The maximum atomic E-state index is 5.90. The van der Waals surface area contributed by atoms with Crippen LogP contribution < -0.4 is 11.1 Å². The molecule has 0 aliphatic heterocycles. The van der Waals surface area contributed by atoms with Crippen LogP contribution in [-0.2, 0) is 0 Å². The fraction of sp³-hybridized carbons (Fsp3) is 0.500. The molecular formula is C28H43N3S2. The Morgan fingerprint density at radius 3 is 2.03 bits per heavy atom. The summed E-state index contributed by atoms with van der Waals surface area (Å²) in [5, 5.41) is 3.32. The van der Waals surface area contributed by atoms with Gasteiger partial charge in [0.15, 0.2) is 0 Å². The summed E-state index contributed by atoms with van der Waals surface area (Å²) in [6.07, 6.45) is 18.1. The number of thioether (sulfide) groups is 1. The van der Waals surface area contributed by atoms with Gasteiger partial charge >= 0.3 is 0 Å². The normalized spacial score (nSPS) is 13.5. The molecule has 0 fully saturated rings. The summed E-state index contributed by atoms with van der Waals surface area (Å²) >= 11 is 7.06. The molecule has 5 heteroatoms. The van der Waals surface area contributed by atoms with Gasteiger partial charge in [-0.15, -0.1) is 0 Å². The van der Waals surface area contributed by atoms with Crippen LogP contribution >= 0.6 is 24.0 Å². The number of pyridine rings is 1. The van der Waals surface area contributed by atoms with Gasteiger partial charge in [0.1, 0.15) is 5.82 Å². The molecule has 0 aliphatic rings. The van der Waals surface area contributed by atoms with Crippen molar-refractivity contribution in [3.05, 3.63) is 71.0 Å². The highest BCUT2D eigenvalue weighted by Crippen LogP contribution is 2.15. The number of nitrogens with one attached hydrogen (secondary N) is 1. The molecule has 1 unspecified atom stereocenters. The van der Waals surface area contributed by atoms with Crippen molar-refractivity contribution in [3.63, 3.8) is 0 Å². The lowest BCUT2D eigenvalue weighted by Crippen LogP contribution is -2.36. The Labute approximate surface area is 212 Å². The smallest absolute Gasteiger partial charge is 0.126 e. The van der Waals surface area contributed by atoms with E-state index in [0.717, 1.165) is 49.4 Å². The van der Waals surface area contributed by atoms with Crippen LogP contribution in [0.25, 0.3) is 0 Å². The predicted molar refractivity (Wildman–Crippen MR) is 154 cm³/mol. The maximum absolute atomic E-state index is 5.90. The molecule has 0 amide bonds. The highest BCUT2D eigenvalue weighted by molar-refractivity contribution is 7.99. The molecule has 1 aromatic heterocycles. The first-order chi connectivity index (χ1) is 15.8. The number of nitrogens with zero attached hydrogens (tertiary/aromatic N) is 1. The molecule has 3 N–H and O–H groups in total. The molecule has 182 valence electrons. The van der Waals surface area contributed by atoms with Gasteiger partial charge in [0, 0.05) is 17.7 Å². The lowest BCUT2D eigenvalue weighted by atomic mass is 10.0. The first-order valence-electron chi connectivity index (χ1n) is 11.9. The van der Waals surface area contributed by atoms with Crippen molar-refractivity contribution >= 4 is 34.8 Å². The van der Waals surface area contributed by atoms with E-state index in [2.05, 4.69) is 69.2 Å². The molecular weight excluding hydrogens is 442 g/mol. The summed E-state index contributed by atoms with van der Waals surface area (Å²) in [7, 11) is 0. The number of hydrogen-bond acceptors (Lipinski definition) is 4. The number of nitrogens with two attached hydrogens (primary N) is 1. The first kappa shape index (κ1) is 29.2. The molecule has 0 saturated carbocycles. The zero-order chi connectivity index (χ0) is 24.5. The summed E-state index contributed by atoms with van der Waals surface area (Å²) in [6.45, 7) is 11.1. The molecule has 0 aromatic carbocycles. The van der Waals surface area contributed by atoms with E-state index in [1.807, 2.05) is 30.0 Å². The minimum absolute atomic E-state index is 0.0518. The van der Waals surface area contributed by atoms with E-state index < -0.39 is 0 Å². The minimum Gasteiger partial charge on any atom is -0.392 e. The average molecular weight is 486 g/mol. The van der Waals surface area contributed by atoms with Gasteiger partial charge in [0.2, 0.25) is 0 Å². The van der Waals surface area contributed by atoms with Crippen LogP contribution in [0.2, 0.25) is 0 Å². The number of rotatable bonds is 16. The molecule has 0 radical (unpaired) electrons. The third-order valence-electron chi connectivity index (χ3n) is 5.32. The van der Waals surface area contributed by atoms with E-state index in [0.29, 0.717) is 4.99 Å². The molecule has 1 atom stereocenters.